The molecule has 1 aliphatic rings. The molecule has 0 aromatic heterocycles. The van der Waals surface area contributed by atoms with Crippen LogP contribution in [0.1, 0.15) is 39.5 Å². The first-order valence-electron chi connectivity index (χ1n) is 5.54. The highest BCUT2D eigenvalue weighted by molar-refractivity contribution is 4.80. The topological polar surface area (TPSA) is 35.2 Å². The summed E-state index contributed by atoms with van der Waals surface area (Å²) in [5.41, 5.74) is 5.54. The summed E-state index contributed by atoms with van der Waals surface area (Å²) in [6.45, 7) is 6.30. The van der Waals surface area contributed by atoms with Crippen LogP contribution < -0.4 is 5.73 Å². The van der Waals surface area contributed by atoms with Gasteiger partial charge < -0.3 is 10.5 Å². The summed E-state index contributed by atoms with van der Waals surface area (Å²) in [6.07, 6.45) is 5.41. The first-order chi connectivity index (χ1) is 6.22. The Balaban J connectivity index is 1.85. The fourth-order valence-corrected chi connectivity index (χ4v) is 1.74. The van der Waals surface area contributed by atoms with Crippen molar-refractivity contribution in [2.45, 2.75) is 45.6 Å². The van der Waals surface area contributed by atoms with Gasteiger partial charge in [0.05, 0.1) is 6.10 Å². The lowest BCUT2D eigenvalue weighted by molar-refractivity contribution is -0.0296. The second kappa shape index (κ2) is 5.61. The SMILES string of the molecule is CC(C)CCCOC1CC(CN)C1. The molecule has 0 aliphatic heterocycles. The van der Waals surface area contributed by atoms with Gasteiger partial charge in [-0.25, -0.2) is 0 Å². The molecule has 0 bridgehead atoms. The lowest BCUT2D eigenvalue weighted by atomic mass is 9.82. The van der Waals surface area contributed by atoms with E-state index in [0.29, 0.717) is 6.10 Å². The largest absolute Gasteiger partial charge is 0.378 e. The molecule has 13 heavy (non-hydrogen) atoms. The van der Waals surface area contributed by atoms with Crippen molar-refractivity contribution in [3.05, 3.63) is 0 Å². The molecular formula is C11H23NO. The Kier molecular flexibility index (Phi) is 4.74. The van der Waals surface area contributed by atoms with Crippen LogP contribution in [0.3, 0.4) is 0 Å². The van der Waals surface area contributed by atoms with E-state index in [9.17, 15) is 0 Å². The van der Waals surface area contributed by atoms with E-state index < -0.39 is 0 Å². The minimum atomic E-state index is 0.528. The zero-order valence-corrected chi connectivity index (χ0v) is 8.96. The molecule has 0 heterocycles. The second-order valence-electron chi connectivity index (χ2n) is 4.60. The second-order valence-corrected chi connectivity index (χ2v) is 4.60. The summed E-state index contributed by atoms with van der Waals surface area (Å²) in [5.74, 6) is 1.55. The van der Waals surface area contributed by atoms with Crippen LogP contribution in [0, 0.1) is 11.8 Å². The van der Waals surface area contributed by atoms with Crippen molar-refractivity contribution < 1.29 is 4.74 Å². The van der Waals surface area contributed by atoms with Crippen LogP contribution in [0.4, 0.5) is 0 Å². The average molecular weight is 185 g/mol. The highest BCUT2D eigenvalue weighted by Crippen LogP contribution is 2.29. The number of nitrogens with two attached hydrogens (primary N) is 1. The summed E-state index contributed by atoms with van der Waals surface area (Å²) in [6, 6.07) is 0. The van der Waals surface area contributed by atoms with Gasteiger partial charge in [-0.05, 0) is 44.1 Å². The molecule has 0 aromatic rings. The summed E-state index contributed by atoms with van der Waals surface area (Å²) < 4.78 is 5.70. The van der Waals surface area contributed by atoms with Gasteiger partial charge in [-0.1, -0.05) is 13.8 Å². The Morgan fingerprint density at radius 2 is 2.08 bits per heavy atom. The summed E-state index contributed by atoms with van der Waals surface area (Å²) in [5, 5.41) is 0. The van der Waals surface area contributed by atoms with Gasteiger partial charge in [0.15, 0.2) is 0 Å². The van der Waals surface area contributed by atoms with Crippen molar-refractivity contribution in [1.29, 1.82) is 0 Å². The van der Waals surface area contributed by atoms with E-state index in [4.69, 9.17) is 10.5 Å². The fourth-order valence-electron chi connectivity index (χ4n) is 1.74. The Morgan fingerprint density at radius 3 is 2.62 bits per heavy atom. The Hall–Kier alpha value is -0.0800. The van der Waals surface area contributed by atoms with E-state index in [1.165, 1.54) is 25.7 Å². The van der Waals surface area contributed by atoms with Crippen LogP contribution in [0.25, 0.3) is 0 Å². The molecule has 0 amide bonds. The Labute approximate surface area is 81.8 Å². The number of rotatable bonds is 6. The lowest BCUT2D eigenvalue weighted by Gasteiger charge is -2.34. The molecule has 0 unspecified atom stereocenters. The van der Waals surface area contributed by atoms with E-state index >= 15 is 0 Å². The molecule has 1 rings (SSSR count). The molecule has 0 radical (unpaired) electrons. The summed E-state index contributed by atoms with van der Waals surface area (Å²) in [7, 11) is 0. The first-order valence-corrected chi connectivity index (χ1v) is 5.54. The van der Waals surface area contributed by atoms with Crippen LogP contribution in [0.5, 0.6) is 0 Å². The Bertz CT molecular complexity index is 130. The van der Waals surface area contributed by atoms with Crippen LogP contribution in [0.2, 0.25) is 0 Å². The fraction of sp³-hybridized carbons (Fsp3) is 1.00. The molecule has 0 saturated heterocycles. The maximum Gasteiger partial charge on any atom is 0.0581 e. The minimum absolute atomic E-state index is 0.528. The molecule has 78 valence electrons. The summed E-state index contributed by atoms with van der Waals surface area (Å²) in [4.78, 5) is 0. The molecule has 0 spiro atoms. The van der Waals surface area contributed by atoms with Gasteiger partial charge in [0.25, 0.3) is 0 Å². The smallest absolute Gasteiger partial charge is 0.0581 e. The number of ether oxygens (including phenoxy) is 1. The molecule has 1 aliphatic carbocycles. The van der Waals surface area contributed by atoms with Gasteiger partial charge in [-0.3, -0.25) is 0 Å². The highest BCUT2D eigenvalue weighted by Gasteiger charge is 2.28. The van der Waals surface area contributed by atoms with Crippen molar-refractivity contribution in [3.8, 4) is 0 Å². The third-order valence-electron chi connectivity index (χ3n) is 2.81. The molecule has 1 fully saturated rings. The zero-order chi connectivity index (χ0) is 9.68. The van der Waals surface area contributed by atoms with Crippen LogP contribution >= 0.6 is 0 Å². The van der Waals surface area contributed by atoms with Gasteiger partial charge >= 0.3 is 0 Å². The molecule has 0 aromatic carbocycles. The first kappa shape index (κ1) is 11.0. The van der Waals surface area contributed by atoms with Crippen LogP contribution in [-0.2, 0) is 4.74 Å². The van der Waals surface area contributed by atoms with Gasteiger partial charge in [0.1, 0.15) is 0 Å². The normalized spacial score (nSPS) is 27.7. The quantitative estimate of drug-likeness (QED) is 0.644. The predicted molar refractivity (Wildman–Crippen MR) is 55.6 cm³/mol. The van der Waals surface area contributed by atoms with Crippen molar-refractivity contribution in [2.75, 3.05) is 13.2 Å². The minimum Gasteiger partial charge on any atom is -0.378 e. The van der Waals surface area contributed by atoms with Gasteiger partial charge in [0.2, 0.25) is 0 Å². The standard InChI is InChI=1S/C11H23NO/c1-9(2)4-3-5-13-11-6-10(7-11)8-12/h9-11H,3-8,12H2,1-2H3. The average Bonchev–Trinajstić information content (AvgIpc) is 2.00. The van der Waals surface area contributed by atoms with E-state index in [2.05, 4.69) is 13.8 Å². The third-order valence-corrected chi connectivity index (χ3v) is 2.81. The van der Waals surface area contributed by atoms with E-state index in [1.807, 2.05) is 0 Å². The van der Waals surface area contributed by atoms with E-state index in [0.717, 1.165) is 25.0 Å². The summed E-state index contributed by atoms with van der Waals surface area (Å²) >= 11 is 0. The maximum atomic E-state index is 5.70. The van der Waals surface area contributed by atoms with Crippen molar-refractivity contribution >= 4 is 0 Å². The monoisotopic (exact) mass is 185 g/mol. The molecule has 2 nitrogen and oxygen atoms in total. The molecule has 0 atom stereocenters. The van der Waals surface area contributed by atoms with Gasteiger partial charge in [-0.15, -0.1) is 0 Å². The Morgan fingerprint density at radius 1 is 1.38 bits per heavy atom. The van der Waals surface area contributed by atoms with E-state index in [1.54, 1.807) is 0 Å². The van der Waals surface area contributed by atoms with Gasteiger partial charge in [0, 0.05) is 6.61 Å². The molecular weight excluding hydrogens is 162 g/mol. The number of hydrogen-bond acceptors (Lipinski definition) is 2. The lowest BCUT2D eigenvalue weighted by Crippen LogP contribution is -2.36. The predicted octanol–water partition coefficient (Wildman–Crippen LogP) is 2.18. The van der Waals surface area contributed by atoms with Crippen molar-refractivity contribution in [3.63, 3.8) is 0 Å². The van der Waals surface area contributed by atoms with Crippen LogP contribution in [-0.4, -0.2) is 19.3 Å². The molecule has 2 N–H and O–H groups in total. The van der Waals surface area contributed by atoms with Crippen molar-refractivity contribution in [1.82, 2.24) is 0 Å². The number of hydrogen-bond donors (Lipinski definition) is 1. The molecule has 2 heteroatoms. The zero-order valence-electron chi connectivity index (χ0n) is 8.96. The van der Waals surface area contributed by atoms with E-state index in [-0.39, 0.29) is 0 Å². The molecule has 1 saturated carbocycles. The highest BCUT2D eigenvalue weighted by atomic mass is 16.5. The van der Waals surface area contributed by atoms with Crippen LogP contribution in [0.15, 0.2) is 0 Å². The third kappa shape index (κ3) is 4.10. The van der Waals surface area contributed by atoms with Gasteiger partial charge in [-0.2, -0.15) is 0 Å². The maximum absolute atomic E-state index is 5.70. The van der Waals surface area contributed by atoms with Crippen molar-refractivity contribution in [2.24, 2.45) is 17.6 Å².